The lowest BCUT2D eigenvalue weighted by molar-refractivity contribution is -0.191. The van der Waals surface area contributed by atoms with Crippen molar-refractivity contribution in [1.82, 2.24) is 9.48 Å². The highest BCUT2D eigenvalue weighted by molar-refractivity contribution is 6.16. The van der Waals surface area contributed by atoms with Crippen LogP contribution in [0.25, 0.3) is 33.3 Å². The summed E-state index contributed by atoms with van der Waals surface area (Å²) in [6, 6.07) is 15.1. The molecule has 0 aliphatic carbocycles. The van der Waals surface area contributed by atoms with Crippen LogP contribution in [0.5, 0.6) is 5.75 Å². The van der Waals surface area contributed by atoms with Crippen LogP contribution in [0.2, 0.25) is 0 Å². The van der Waals surface area contributed by atoms with Crippen LogP contribution in [0.15, 0.2) is 73.2 Å². The van der Waals surface area contributed by atoms with Crippen molar-refractivity contribution in [3.8, 4) is 17.1 Å². The molecule has 12 nitrogen and oxygen atoms in total. The van der Waals surface area contributed by atoms with Gasteiger partial charge in [-0.1, -0.05) is 33.1 Å². The van der Waals surface area contributed by atoms with Gasteiger partial charge in [0.2, 0.25) is 11.2 Å². The number of aliphatic hydroxyl groups is 1. The molecule has 0 bridgehead atoms. The minimum absolute atomic E-state index is 0. The fourth-order valence-electron chi connectivity index (χ4n) is 3.99. The number of phenols is 1. The van der Waals surface area contributed by atoms with Gasteiger partial charge in [-0.15, -0.1) is 0 Å². The summed E-state index contributed by atoms with van der Waals surface area (Å²) in [5.41, 5.74) is 1.52. The number of carbonyl (C=O) groups excluding carboxylic acids is 2. The van der Waals surface area contributed by atoms with Gasteiger partial charge in [-0.05, 0) is 55.2 Å². The van der Waals surface area contributed by atoms with E-state index in [9.17, 15) is 14.7 Å². The van der Waals surface area contributed by atoms with Crippen molar-refractivity contribution in [3.05, 3.63) is 75.3 Å². The van der Waals surface area contributed by atoms with Crippen molar-refractivity contribution in [1.29, 1.82) is 0 Å². The third-order valence-electron chi connectivity index (χ3n) is 5.37. The third-order valence-corrected chi connectivity index (χ3v) is 5.37. The number of aromatic nitrogens is 2. The quantitative estimate of drug-likeness (QED) is 0.221. The molecule has 0 aliphatic rings. The van der Waals surface area contributed by atoms with Crippen molar-refractivity contribution in [2.24, 2.45) is 0 Å². The number of phenolic OH excluding ortho intramolecular Hbond substituents is 1. The van der Waals surface area contributed by atoms with Crippen molar-refractivity contribution < 1.29 is 28.8 Å². The second-order valence-electron chi connectivity index (χ2n) is 7.54. The fourth-order valence-corrected chi connectivity index (χ4v) is 3.99. The zero-order chi connectivity index (χ0) is 27.8. The average molecular weight is 555 g/mol. The first kappa shape index (κ1) is 33.0. The van der Waals surface area contributed by atoms with Crippen LogP contribution >= 0.6 is 0 Å². The normalized spacial score (nSPS) is 9.70. The highest BCUT2D eigenvalue weighted by Crippen LogP contribution is 2.39. The number of benzene rings is 3. The molecule has 4 N–H and O–H groups in total. The number of rotatable bonds is 6. The Morgan fingerprint density at radius 2 is 1.18 bits per heavy atom. The van der Waals surface area contributed by atoms with Crippen LogP contribution < -0.4 is 21.8 Å². The Hall–Kier alpha value is -5.06. The minimum atomic E-state index is -0.439. The van der Waals surface area contributed by atoms with Crippen LogP contribution in [0.1, 0.15) is 28.7 Å². The summed E-state index contributed by atoms with van der Waals surface area (Å²) in [5.74, 6) is 0.105. The number of nitrogens with zero attached hydrogens (tertiary/aromatic N) is 2. The molecule has 0 aliphatic heterocycles. The van der Waals surface area contributed by atoms with E-state index in [-0.39, 0.29) is 37.5 Å². The molecule has 40 heavy (non-hydrogen) atoms. The van der Waals surface area contributed by atoms with E-state index < -0.39 is 11.1 Å². The molecule has 0 amide bonds. The van der Waals surface area contributed by atoms with Crippen molar-refractivity contribution in [3.63, 3.8) is 0 Å². The topological polar surface area (TPSA) is 169 Å². The largest absolute Gasteiger partial charge is 0.508 e. The number of hydrogen-bond acceptors (Lipinski definition) is 10. The molecule has 5 aromatic rings. The van der Waals surface area contributed by atoms with E-state index in [0.29, 0.717) is 47.0 Å². The van der Waals surface area contributed by atoms with E-state index in [0.717, 1.165) is 7.11 Å². The molecule has 0 atom stereocenters. The van der Waals surface area contributed by atoms with Gasteiger partial charge < -0.3 is 29.9 Å². The summed E-state index contributed by atoms with van der Waals surface area (Å²) >= 11 is 0. The Morgan fingerprint density at radius 3 is 1.57 bits per heavy atom. The predicted octanol–water partition coefficient (Wildman–Crippen LogP) is 4.35. The van der Waals surface area contributed by atoms with E-state index in [2.05, 4.69) is 10.6 Å². The Morgan fingerprint density at radius 1 is 0.750 bits per heavy atom. The number of para-hydroxylation sites is 1. The van der Waals surface area contributed by atoms with E-state index in [1.54, 1.807) is 36.4 Å². The summed E-state index contributed by atoms with van der Waals surface area (Å²) < 4.78 is 13.2. The maximum absolute atomic E-state index is 13.5. The Kier molecular flexibility index (Phi) is 12.2. The van der Waals surface area contributed by atoms with Gasteiger partial charge in [0, 0.05) is 20.2 Å². The maximum atomic E-state index is 13.5. The maximum Gasteiger partial charge on any atom is 0.373 e. The first-order valence-corrected chi connectivity index (χ1v) is 11.5. The molecule has 0 saturated carbocycles. The van der Waals surface area contributed by atoms with Crippen LogP contribution in [-0.2, 0) is 9.59 Å². The standard InChI is InChI=1S/C24H22N4O5.CO2.CH4O.2CH4/c1-3-25-19-17-18(24(31)27(23(17)30)14-8-6-5-7-9-14)20(26-4-2)22-21(19)32-28(33-22)15-10-12-16(29)13-11-15;2-1-3;1-2;;/h5-13,25-26,29H,3-4H2,1-2H3;;2H,1H3;2*1H4. The second kappa shape index (κ2) is 14.8. The number of anilines is 2. The number of nitrogens with one attached hydrogen (secondary N) is 2. The third kappa shape index (κ3) is 5.98. The molecule has 2 heterocycles. The highest BCUT2D eigenvalue weighted by Gasteiger charge is 2.28. The van der Waals surface area contributed by atoms with Crippen LogP contribution in [-0.4, -0.2) is 46.0 Å². The molecule has 5 rings (SSSR count). The van der Waals surface area contributed by atoms with Gasteiger partial charge >= 0.3 is 6.15 Å². The van der Waals surface area contributed by atoms with Gasteiger partial charge in [-0.25, -0.2) is 4.57 Å². The monoisotopic (exact) mass is 554 g/mol. The predicted molar refractivity (Wildman–Crippen MR) is 154 cm³/mol. The van der Waals surface area contributed by atoms with Gasteiger partial charge in [0.15, 0.2) is 0 Å². The van der Waals surface area contributed by atoms with Gasteiger partial charge in [0.1, 0.15) is 11.4 Å². The molecule has 3 aromatic carbocycles. The molecule has 0 saturated heterocycles. The molecule has 0 unspecified atom stereocenters. The van der Waals surface area contributed by atoms with Crippen molar-refractivity contribution >= 4 is 39.5 Å². The summed E-state index contributed by atoms with van der Waals surface area (Å²) in [5, 5.41) is 23.4. The van der Waals surface area contributed by atoms with Crippen molar-refractivity contribution in [2.45, 2.75) is 28.7 Å². The van der Waals surface area contributed by atoms with E-state index in [4.69, 9.17) is 23.7 Å². The van der Waals surface area contributed by atoms with Crippen LogP contribution in [0.3, 0.4) is 0 Å². The number of hydrogen-bond donors (Lipinski definition) is 4. The molecule has 0 spiro atoms. The Balaban J connectivity index is 0.00000107. The van der Waals surface area contributed by atoms with E-state index >= 15 is 0 Å². The van der Waals surface area contributed by atoms with E-state index in [1.165, 1.54) is 21.6 Å². The Bertz CT molecular complexity index is 1600. The van der Waals surface area contributed by atoms with E-state index in [1.807, 2.05) is 19.9 Å². The van der Waals surface area contributed by atoms with Gasteiger partial charge in [0.05, 0.1) is 27.8 Å². The summed E-state index contributed by atoms with van der Waals surface area (Å²) in [6.07, 6.45) is 0.250. The average Bonchev–Trinajstić information content (AvgIpc) is 3.48. The zero-order valence-corrected chi connectivity index (χ0v) is 20.8. The van der Waals surface area contributed by atoms with Gasteiger partial charge in [0.25, 0.3) is 11.1 Å². The van der Waals surface area contributed by atoms with Crippen LogP contribution in [0.4, 0.5) is 11.4 Å². The van der Waals surface area contributed by atoms with Crippen LogP contribution in [0, 0.1) is 0 Å². The number of fused-ring (bicyclic) bond motifs is 2. The highest BCUT2D eigenvalue weighted by atomic mass is 16.7. The molecular weight excluding hydrogens is 520 g/mol. The summed E-state index contributed by atoms with van der Waals surface area (Å²) in [4.78, 5) is 44.5. The summed E-state index contributed by atoms with van der Waals surface area (Å²) in [6.45, 7) is 4.77. The first-order valence-electron chi connectivity index (χ1n) is 11.5. The number of aromatic hydroxyl groups is 1. The molecule has 214 valence electrons. The fraction of sp³-hybridized carbons (Fsp3) is 0.250. The molecule has 12 heteroatoms. The lowest BCUT2D eigenvalue weighted by Gasteiger charge is -2.08. The Labute approximate surface area is 230 Å². The second-order valence-corrected chi connectivity index (χ2v) is 7.54. The first-order chi connectivity index (χ1) is 18.5. The SMILES string of the molecule is C.C.CCNc1c2on(-c3ccc(O)cc3)oc2c(NCC)c2c(=O)n(-c3ccccc3)c(=O)c12.CO.O=C=O. The molecule has 0 fully saturated rings. The minimum Gasteiger partial charge on any atom is -0.508 e. The zero-order valence-electron chi connectivity index (χ0n) is 20.8. The lowest BCUT2D eigenvalue weighted by atomic mass is 10.1. The molecule has 2 aromatic heterocycles. The lowest BCUT2D eigenvalue weighted by Crippen LogP contribution is -2.23. The summed E-state index contributed by atoms with van der Waals surface area (Å²) in [7, 11) is 1.00. The van der Waals surface area contributed by atoms with Gasteiger partial charge in [-0.2, -0.15) is 9.59 Å². The van der Waals surface area contributed by atoms with Crippen molar-refractivity contribution in [2.75, 3.05) is 30.8 Å². The molecular formula is C28H34N4O8. The number of aliphatic hydroxyl groups excluding tert-OH is 1. The van der Waals surface area contributed by atoms with Gasteiger partial charge in [-0.3, -0.25) is 9.59 Å². The smallest absolute Gasteiger partial charge is 0.373 e. The molecule has 0 radical (unpaired) electrons.